The van der Waals surface area contributed by atoms with E-state index in [1.54, 1.807) is 31.2 Å². The van der Waals surface area contributed by atoms with Crippen molar-refractivity contribution in [1.29, 1.82) is 0 Å². The molecule has 1 aliphatic carbocycles. The molecule has 1 aromatic rings. The first-order valence-electron chi connectivity index (χ1n) is 9.46. The van der Waals surface area contributed by atoms with Gasteiger partial charge in [0.2, 0.25) is 0 Å². The lowest BCUT2D eigenvalue weighted by Gasteiger charge is -2.34. The molecule has 0 aliphatic heterocycles. The maximum absolute atomic E-state index is 11.6. The number of rotatable bonds is 9. The molecule has 1 fully saturated rings. The highest BCUT2D eigenvalue weighted by atomic mass is 16.5. The lowest BCUT2D eigenvalue weighted by atomic mass is 9.94. The maximum atomic E-state index is 11.6. The first-order valence-corrected chi connectivity index (χ1v) is 9.46. The van der Waals surface area contributed by atoms with Gasteiger partial charge in [0.15, 0.2) is 0 Å². The number of hydrogen-bond acceptors (Lipinski definition) is 5. The molecule has 1 unspecified atom stereocenters. The van der Waals surface area contributed by atoms with Crippen molar-refractivity contribution in [2.75, 3.05) is 26.3 Å². The van der Waals surface area contributed by atoms with Gasteiger partial charge in [-0.1, -0.05) is 26.2 Å². The molecule has 1 saturated carbocycles. The van der Waals surface area contributed by atoms with Crippen molar-refractivity contribution < 1.29 is 19.4 Å². The second-order valence-corrected chi connectivity index (χ2v) is 6.59. The normalized spacial score (nSPS) is 16.6. The van der Waals surface area contributed by atoms with Crippen LogP contribution in [0.1, 0.15) is 56.3 Å². The molecule has 0 bridgehead atoms. The summed E-state index contributed by atoms with van der Waals surface area (Å²) in [4.78, 5) is 14.0. The fourth-order valence-corrected chi connectivity index (χ4v) is 3.40. The maximum Gasteiger partial charge on any atom is 0.338 e. The Bertz CT molecular complexity index is 511. The van der Waals surface area contributed by atoms with Gasteiger partial charge in [-0.3, -0.25) is 4.90 Å². The Hall–Kier alpha value is -1.59. The van der Waals surface area contributed by atoms with E-state index in [2.05, 4.69) is 11.8 Å². The monoisotopic (exact) mass is 349 g/mol. The molecule has 1 aromatic carbocycles. The van der Waals surface area contributed by atoms with Crippen molar-refractivity contribution >= 4 is 5.97 Å². The molecule has 0 radical (unpaired) electrons. The van der Waals surface area contributed by atoms with Crippen LogP contribution in [0, 0.1) is 0 Å². The number of carbonyl (C=O) groups is 1. The van der Waals surface area contributed by atoms with Crippen molar-refractivity contribution in [3.63, 3.8) is 0 Å². The molecule has 5 heteroatoms. The van der Waals surface area contributed by atoms with E-state index in [0.29, 0.717) is 30.5 Å². The van der Waals surface area contributed by atoms with E-state index < -0.39 is 6.10 Å². The number of benzene rings is 1. The van der Waals surface area contributed by atoms with Crippen molar-refractivity contribution in [1.82, 2.24) is 4.90 Å². The summed E-state index contributed by atoms with van der Waals surface area (Å²) >= 11 is 0. The summed E-state index contributed by atoms with van der Waals surface area (Å²) < 4.78 is 10.6. The second-order valence-electron chi connectivity index (χ2n) is 6.59. The van der Waals surface area contributed by atoms with Gasteiger partial charge in [0.25, 0.3) is 0 Å². The molecule has 5 nitrogen and oxygen atoms in total. The first-order chi connectivity index (χ1) is 12.1. The summed E-state index contributed by atoms with van der Waals surface area (Å²) in [5.41, 5.74) is 0.504. The van der Waals surface area contributed by atoms with Gasteiger partial charge >= 0.3 is 5.97 Å². The Morgan fingerprint density at radius 3 is 2.48 bits per heavy atom. The van der Waals surface area contributed by atoms with Crippen LogP contribution in [0.5, 0.6) is 5.75 Å². The Labute approximate surface area is 150 Å². The number of aliphatic hydroxyl groups is 1. The summed E-state index contributed by atoms with van der Waals surface area (Å²) in [6, 6.07) is 7.42. The summed E-state index contributed by atoms with van der Waals surface area (Å²) in [7, 11) is 0. The molecule has 1 aliphatic rings. The molecular weight excluding hydrogens is 318 g/mol. The molecule has 140 valence electrons. The predicted octanol–water partition coefficient (Wildman–Crippen LogP) is 3.26. The molecule has 0 amide bonds. The highest BCUT2D eigenvalue weighted by Gasteiger charge is 2.22. The summed E-state index contributed by atoms with van der Waals surface area (Å²) in [5.74, 6) is 0.313. The minimum Gasteiger partial charge on any atom is -0.491 e. The molecule has 1 atom stereocenters. The fourth-order valence-electron chi connectivity index (χ4n) is 3.40. The van der Waals surface area contributed by atoms with Crippen molar-refractivity contribution in [3.8, 4) is 5.75 Å². The van der Waals surface area contributed by atoms with Crippen LogP contribution in [0.15, 0.2) is 24.3 Å². The van der Waals surface area contributed by atoms with Crippen LogP contribution >= 0.6 is 0 Å². The smallest absolute Gasteiger partial charge is 0.338 e. The van der Waals surface area contributed by atoms with Crippen LogP contribution in [-0.2, 0) is 4.74 Å². The van der Waals surface area contributed by atoms with Gasteiger partial charge in [0.1, 0.15) is 18.5 Å². The molecule has 0 spiro atoms. The van der Waals surface area contributed by atoms with E-state index >= 15 is 0 Å². The van der Waals surface area contributed by atoms with Gasteiger partial charge < -0.3 is 14.6 Å². The highest BCUT2D eigenvalue weighted by Crippen LogP contribution is 2.22. The topological polar surface area (TPSA) is 59.0 Å². The molecular formula is C20H31NO4. The highest BCUT2D eigenvalue weighted by molar-refractivity contribution is 5.89. The van der Waals surface area contributed by atoms with Gasteiger partial charge in [-0.05, 0) is 50.6 Å². The number of likely N-dealkylation sites (N-methyl/N-ethyl adjacent to an activating group) is 1. The van der Waals surface area contributed by atoms with Gasteiger partial charge in [-0.15, -0.1) is 0 Å². The Balaban J connectivity index is 1.78. The van der Waals surface area contributed by atoms with E-state index in [9.17, 15) is 9.90 Å². The standard InChI is InChI=1S/C20H31NO4/c1-3-21(17-8-6-5-7-9-17)14-18(22)15-25-19-12-10-16(11-13-19)20(23)24-4-2/h10-13,17-18,22H,3-9,14-15H2,1-2H3. The van der Waals surface area contributed by atoms with Gasteiger partial charge in [0.05, 0.1) is 12.2 Å². The number of carbonyl (C=O) groups excluding carboxylic acids is 1. The van der Waals surface area contributed by atoms with E-state index in [4.69, 9.17) is 9.47 Å². The van der Waals surface area contributed by atoms with Crippen LogP contribution in [0.2, 0.25) is 0 Å². The van der Waals surface area contributed by atoms with Crippen molar-refractivity contribution in [3.05, 3.63) is 29.8 Å². The fraction of sp³-hybridized carbons (Fsp3) is 0.650. The molecule has 0 saturated heterocycles. The molecule has 0 heterocycles. The average Bonchev–Trinajstić information content (AvgIpc) is 2.65. The van der Waals surface area contributed by atoms with Crippen LogP contribution < -0.4 is 4.74 Å². The molecule has 2 rings (SSSR count). The lowest BCUT2D eigenvalue weighted by Crippen LogP contribution is -2.43. The molecule has 0 aromatic heterocycles. The quantitative estimate of drug-likeness (QED) is 0.694. The predicted molar refractivity (Wildman–Crippen MR) is 98.0 cm³/mol. The van der Waals surface area contributed by atoms with Crippen LogP contribution in [0.25, 0.3) is 0 Å². The van der Waals surface area contributed by atoms with E-state index in [-0.39, 0.29) is 12.6 Å². The van der Waals surface area contributed by atoms with E-state index in [0.717, 1.165) is 6.54 Å². The number of nitrogens with zero attached hydrogens (tertiary/aromatic N) is 1. The molecule has 25 heavy (non-hydrogen) atoms. The van der Waals surface area contributed by atoms with Gasteiger partial charge in [-0.25, -0.2) is 4.79 Å². The number of hydrogen-bond donors (Lipinski definition) is 1. The Morgan fingerprint density at radius 1 is 1.20 bits per heavy atom. The molecule has 1 N–H and O–H groups in total. The van der Waals surface area contributed by atoms with Crippen molar-refractivity contribution in [2.45, 2.75) is 58.1 Å². The van der Waals surface area contributed by atoms with Crippen LogP contribution in [0.4, 0.5) is 0 Å². The summed E-state index contributed by atoms with van der Waals surface area (Å²) in [5, 5.41) is 10.3. The third-order valence-electron chi connectivity index (χ3n) is 4.75. The zero-order chi connectivity index (χ0) is 18.1. The number of aliphatic hydroxyl groups excluding tert-OH is 1. The third kappa shape index (κ3) is 6.33. The minimum absolute atomic E-state index is 0.252. The van der Waals surface area contributed by atoms with Crippen molar-refractivity contribution in [2.24, 2.45) is 0 Å². The second kappa shape index (κ2) is 10.4. The lowest BCUT2D eigenvalue weighted by molar-refractivity contribution is 0.0462. The van der Waals surface area contributed by atoms with E-state index in [1.165, 1.54) is 32.1 Å². The number of ether oxygens (including phenoxy) is 2. The SMILES string of the molecule is CCOC(=O)c1ccc(OCC(O)CN(CC)C2CCCCC2)cc1. The number of esters is 1. The zero-order valence-electron chi connectivity index (χ0n) is 15.4. The zero-order valence-corrected chi connectivity index (χ0v) is 15.4. The average molecular weight is 349 g/mol. The van der Waals surface area contributed by atoms with E-state index in [1.807, 2.05) is 0 Å². The summed E-state index contributed by atoms with van der Waals surface area (Å²) in [6.45, 7) is 6.14. The first kappa shape index (κ1) is 19.7. The van der Waals surface area contributed by atoms with Crippen LogP contribution in [-0.4, -0.2) is 54.4 Å². The third-order valence-corrected chi connectivity index (χ3v) is 4.75. The van der Waals surface area contributed by atoms with Gasteiger partial charge in [0, 0.05) is 12.6 Å². The van der Waals surface area contributed by atoms with Gasteiger partial charge in [-0.2, -0.15) is 0 Å². The summed E-state index contributed by atoms with van der Waals surface area (Å²) in [6.07, 6.45) is 5.86. The van der Waals surface area contributed by atoms with Crippen LogP contribution in [0.3, 0.4) is 0 Å². The largest absolute Gasteiger partial charge is 0.491 e. The Kier molecular flexibility index (Phi) is 8.22. The minimum atomic E-state index is -0.522. The Morgan fingerprint density at radius 2 is 1.88 bits per heavy atom.